The third-order valence-electron chi connectivity index (χ3n) is 5.13. The monoisotopic (exact) mass is 365 g/mol. The lowest BCUT2D eigenvalue weighted by molar-refractivity contribution is -0.131. The van der Waals surface area contributed by atoms with Crippen LogP contribution in [0.15, 0.2) is 54.6 Å². The smallest absolute Gasteiger partial charge is 0.225 e. The Morgan fingerprint density at radius 2 is 1.67 bits per heavy atom. The van der Waals surface area contributed by atoms with Gasteiger partial charge in [-0.1, -0.05) is 54.6 Å². The molecule has 1 saturated heterocycles. The predicted octanol–water partition coefficient (Wildman–Crippen LogP) is 2.56. The number of hydrogen-bond donors (Lipinski definition) is 2. The van der Waals surface area contributed by atoms with Gasteiger partial charge in [0.2, 0.25) is 11.8 Å². The SMILES string of the molecule is CC(=O)N1C[C@@H](N)CC[C@@H](C(=O)NCc2ccc(-c3ccccc3)cc2)C1. The van der Waals surface area contributed by atoms with Crippen molar-refractivity contribution in [2.24, 2.45) is 11.7 Å². The van der Waals surface area contributed by atoms with Gasteiger partial charge in [-0.2, -0.15) is 0 Å². The molecule has 2 aromatic carbocycles. The molecule has 0 unspecified atom stereocenters. The Kier molecular flexibility index (Phi) is 6.24. The van der Waals surface area contributed by atoms with E-state index >= 15 is 0 Å². The Morgan fingerprint density at radius 3 is 2.33 bits per heavy atom. The lowest BCUT2D eigenvalue weighted by Gasteiger charge is -2.23. The molecule has 5 heteroatoms. The first-order chi connectivity index (χ1) is 13.0. The van der Waals surface area contributed by atoms with E-state index in [-0.39, 0.29) is 23.8 Å². The maximum absolute atomic E-state index is 12.6. The van der Waals surface area contributed by atoms with Crippen LogP contribution in [0.5, 0.6) is 0 Å². The van der Waals surface area contributed by atoms with E-state index in [1.807, 2.05) is 30.3 Å². The Morgan fingerprint density at radius 1 is 1.00 bits per heavy atom. The first kappa shape index (κ1) is 19.1. The summed E-state index contributed by atoms with van der Waals surface area (Å²) in [5.41, 5.74) is 9.41. The molecule has 2 atom stereocenters. The average Bonchev–Trinajstić information content (AvgIpc) is 2.89. The summed E-state index contributed by atoms with van der Waals surface area (Å²) in [5, 5.41) is 3.01. The highest BCUT2D eigenvalue weighted by Crippen LogP contribution is 2.20. The van der Waals surface area contributed by atoms with Crippen molar-refractivity contribution in [3.63, 3.8) is 0 Å². The van der Waals surface area contributed by atoms with Gasteiger partial charge in [-0.05, 0) is 29.5 Å². The van der Waals surface area contributed by atoms with Gasteiger partial charge < -0.3 is 16.0 Å². The lowest BCUT2D eigenvalue weighted by Crippen LogP contribution is -2.42. The molecule has 0 radical (unpaired) electrons. The van der Waals surface area contributed by atoms with Crippen LogP contribution in [0.4, 0.5) is 0 Å². The fourth-order valence-electron chi connectivity index (χ4n) is 3.47. The van der Waals surface area contributed by atoms with Gasteiger partial charge >= 0.3 is 0 Å². The zero-order valence-electron chi connectivity index (χ0n) is 15.7. The topological polar surface area (TPSA) is 75.4 Å². The molecule has 27 heavy (non-hydrogen) atoms. The number of carbonyl (C=O) groups excluding carboxylic acids is 2. The molecule has 0 bridgehead atoms. The third kappa shape index (κ3) is 5.17. The van der Waals surface area contributed by atoms with Crippen LogP contribution in [-0.4, -0.2) is 35.8 Å². The summed E-state index contributed by atoms with van der Waals surface area (Å²) in [4.78, 5) is 26.0. The maximum atomic E-state index is 12.6. The summed E-state index contributed by atoms with van der Waals surface area (Å²) in [7, 11) is 0. The van der Waals surface area contributed by atoms with Crippen LogP contribution in [0.3, 0.4) is 0 Å². The molecular weight excluding hydrogens is 338 g/mol. The van der Waals surface area contributed by atoms with Gasteiger partial charge in [0.25, 0.3) is 0 Å². The normalized spacial score (nSPS) is 20.0. The Labute approximate surface area is 160 Å². The van der Waals surface area contributed by atoms with Crippen LogP contribution in [0.25, 0.3) is 11.1 Å². The van der Waals surface area contributed by atoms with Crippen LogP contribution in [0.2, 0.25) is 0 Å². The summed E-state index contributed by atoms with van der Waals surface area (Å²) in [6.07, 6.45) is 1.47. The van der Waals surface area contributed by atoms with Gasteiger partial charge in [-0.25, -0.2) is 0 Å². The second-order valence-electron chi connectivity index (χ2n) is 7.24. The molecule has 0 spiro atoms. The molecule has 1 aliphatic heterocycles. The van der Waals surface area contributed by atoms with Gasteiger partial charge in [-0.15, -0.1) is 0 Å². The molecule has 0 aliphatic carbocycles. The fourth-order valence-corrected chi connectivity index (χ4v) is 3.47. The van der Waals surface area contributed by atoms with Gasteiger partial charge in [0.15, 0.2) is 0 Å². The van der Waals surface area contributed by atoms with Gasteiger partial charge in [0, 0.05) is 32.6 Å². The Balaban J connectivity index is 1.57. The summed E-state index contributed by atoms with van der Waals surface area (Å²) >= 11 is 0. The van der Waals surface area contributed by atoms with E-state index in [1.165, 1.54) is 12.5 Å². The number of benzene rings is 2. The quantitative estimate of drug-likeness (QED) is 0.874. The van der Waals surface area contributed by atoms with E-state index in [0.29, 0.717) is 26.1 Å². The number of carbonyl (C=O) groups is 2. The highest BCUT2D eigenvalue weighted by atomic mass is 16.2. The van der Waals surface area contributed by atoms with Crippen LogP contribution in [0.1, 0.15) is 25.3 Å². The number of nitrogens with zero attached hydrogens (tertiary/aromatic N) is 1. The van der Waals surface area contributed by atoms with Crippen molar-refractivity contribution in [3.8, 4) is 11.1 Å². The highest BCUT2D eigenvalue weighted by Gasteiger charge is 2.28. The van der Waals surface area contributed by atoms with E-state index in [4.69, 9.17) is 5.73 Å². The van der Waals surface area contributed by atoms with Crippen molar-refractivity contribution >= 4 is 11.8 Å². The van der Waals surface area contributed by atoms with E-state index in [9.17, 15) is 9.59 Å². The molecule has 142 valence electrons. The first-order valence-electron chi connectivity index (χ1n) is 9.46. The van der Waals surface area contributed by atoms with Crippen LogP contribution < -0.4 is 11.1 Å². The van der Waals surface area contributed by atoms with Crippen molar-refractivity contribution in [3.05, 3.63) is 60.2 Å². The number of amides is 2. The van der Waals surface area contributed by atoms with E-state index in [0.717, 1.165) is 17.5 Å². The molecule has 0 saturated carbocycles. The lowest BCUT2D eigenvalue weighted by atomic mass is 10.0. The first-order valence-corrected chi connectivity index (χ1v) is 9.46. The van der Waals surface area contributed by atoms with Gasteiger partial charge in [0.1, 0.15) is 0 Å². The molecule has 1 fully saturated rings. The number of nitrogens with one attached hydrogen (secondary N) is 1. The second kappa shape index (κ2) is 8.82. The highest BCUT2D eigenvalue weighted by molar-refractivity contribution is 5.80. The summed E-state index contributed by atoms with van der Waals surface area (Å²) in [5.74, 6) is -0.241. The Bertz CT molecular complexity index is 774. The van der Waals surface area contributed by atoms with Gasteiger partial charge in [0.05, 0.1) is 5.92 Å². The fraction of sp³-hybridized carbons (Fsp3) is 0.364. The van der Waals surface area contributed by atoms with Gasteiger partial charge in [-0.3, -0.25) is 9.59 Å². The summed E-state index contributed by atoms with van der Waals surface area (Å²) in [6, 6.07) is 18.3. The van der Waals surface area contributed by atoms with Crippen molar-refractivity contribution in [2.75, 3.05) is 13.1 Å². The largest absolute Gasteiger partial charge is 0.352 e. The third-order valence-corrected chi connectivity index (χ3v) is 5.13. The van der Waals surface area contributed by atoms with Crippen molar-refractivity contribution in [1.29, 1.82) is 0 Å². The molecule has 5 nitrogen and oxygen atoms in total. The van der Waals surface area contributed by atoms with Crippen molar-refractivity contribution in [2.45, 2.75) is 32.4 Å². The van der Waals surface area contributed by atoms with Crippen LogP contribution in [-0.2, 0) is 16.1 Å². The number of hydrogen-bond acceptors (Lipinski definition) is 3. The maximum Gasteiger partial charge on any atom is 0.225 e. The molecule has 1 aliphatic rings. The van der Waals surface area contributed by atoms with E-state index < -0.39 is 0 Å². The van der Waals surface area contributed by atoms with Crippen LogP contribution >= 0.6 is 0 Å². The Hall–Kier alpha value is -2.66. The minimum atomic E-state index is -0.203. The zero-order chi connectivity index (χ0) is 19.2. The molecule has 0 aromatic heterocycles. The molecule has 1 heterocycles. The number of rotatable bonds is 4. The van der Waals surface area contributed by atoms with Crippen molar-refractivity contribution < 1.29 is 9.59 Å². The zero-order valence-corrected chi connectivity index (χ0v) is 15.7. The predicted molar refractivity (Wildman–Crippen MR) is 107 cm³/mol. The molecular formula is C22H27N3O2. The molecule has 2 amide bonds. The number of likely N-dealkylation sites (tertiary alicyclic amines) is 1. The molecule has 3 rings (SSSR count). The molecule has 2 aromatic rings. The minimum absolute atomic E-state index is 0.0116. The van der Waals surface area contributed by atoms with Crippen molar-refractivity contribution in [1.82, 2.24) is 10.2 Å². The molecule has 3 N–H and O–H groups in total. The standard InChI is InChI=1S/C22H27N3O2/c1-16(26)25-14-20(11-12-21(23)15-25)22(27)24-13-17-7-9-19(10-8-17)18-5-3-2-4-6-18/h2-10,20-21H,11-15,23H2,1H3,(H,24,27)/t20-,21+/m1/s1. The second-order valence-corrected chi connectivity index (χ2v) is 7.24. The summed E-state index contributed by atoms with van der Waals surface area (Å²) in [6.45, 7) is 2.99. The summed E-state index contributed by atoms with van der Waals surface area (Å²) < 4.78 is 0. The number of nitrogens with two attached hydrogens (primary N) is 1. The van der Waals surface area contributed by atoms with E-state index in [2.05, 4.69) is 29.6 Å². The van der Waals surface area contributed by atoms with Crippen LogP contribution in [0, 0.1) is 5.92 Å². The van der Waals surface area contributed by atoms with E-state index in [1.54, 1.807) is 4.90 Å². The minimum Gasteiger partial charge on any atom is -0.352 e. The average molecular weight is 365 g/mol.